The van der Waals surface area contributed by atoms with Gasteiger partial charge in [-0.1, -0.05) is 48.5 Å². The maximum Gasteiger partial charge on any atom is 0.335 e. The Kier molecular flexibility index (Phi) is 4.48. The summed E-state index contributed by atoms with van der Waals surface area (Å²) in [5, 5.41) is 9.52. The molecule has 23 heavy (non-hydrogen) atoms. The van der Waals surface area contributed by atoms with Crippen LogP contribution in [0.5, 0.6) is 0 Å². The summed E-state index contributed by atoms with van der Waals surface area (Å²) in [7, 11) is 0. The molecule has 3 aromatic rings. The van der Waals surface area contributed by atoms with Gasteiger partial charge in [0.15, 0.2) is 0 Å². The number of hydrogen-bond acceptors (Lipinski definition) is 2. The number of aromatic carboxylic acids is 1. The highest BCUT2D eigenvalue weighted by Crippen LogP contribution is 2.30. The van der Waals surface area contributed by atoms with Crippen LogP contribution in [0.2, 0.25) is 0 Å². The van der Waals surface area contributed by atoms with Crippen LogP contribution in [0.15, 0.2) is 79.1 Å². The van der Waals surface area contributed by atoms with Crippen LogP contribution in [0.1, 0.15) is 33.0 Å². The molecule has 0 bridgehead atoms. The number of carboxylic acids is 1. The van der Waals surface area contributed by atoms with Crippen LogP contribution in [0.3, 0.4) is 0 Å². The zero-order valence-corrected chi connectivity index (χ0v) is 12.6. The summed E-state index contributed by atoms with van der Waals surface area (Å²) in [6.45, 7) is 0. The van der Waals surface area contributed by atoms with E-state index >= 15 is 0 Å². The molecule has 1 heterocycles. The van der Waals surface area contributed by atoms with E-state index in [2.05, 4.69) is 4.98 Å². The topological polar surface area (TPSA) is 50.2 Å². The maximum absolute atomic E-state index is 11.6. The van der Waals surface area contributed by atoms with Gasteiger partial charge in [-0.25, -0.2) is 4.79 Å². The molecular weight excluding hydrogens is 286 g/mol. The number of carbonyl (C=O) groups is 1. The fourth-order valence-electron chi connectivity index (χ4n) is 2.84. The van der Waals surface area contributed by atoms with Gasteiger partial charge >= 0.3 is 5.97 Å². The van der Waals surface area contributed by atoms with E-state index in [0.29, 0.717) is 5.56 Å². The van der Waals surface area contributed by atoms with E-state index in [1.54, 1.807) is 24.5 Å². The lowest BCUT2D eigenvalue weighted by Crippen LogP contribution is -2.11. The van der Waals surface area contributed by atoms with Crippen molar-refractivity contribution in [1.82, 2.24) is 4.98 Å². The number of benzene rings is 2. The first-order valence-electron chi connectivity index (χ1n) is 7.52. The number of rotatable bonds is 5. The molecular formula is C20H17NO2. The van der Waals surface area contributed by atoms with Crippen LogP contribution in [0, 0.1) is 0 Å². The molecule has 3 heteroatoms. The number of hydrogen-bond donors (Lipinski definition) is 1. The second-order valence-electron chi connectivity index (χ2n) is 5.42. The van der Waals surface area contributed by atoms with E-state index < -0.39 is 5.97 Å². The Morgan fingerprint density at radius 1 is 0.913 bits per heavy atom. The van der Waals surface area contributed by atoms with E-state index in [1.807, 2.05) is 54.6 Å². The normalized spacial score (nSPS) is 11.8. The van der Waals surface area contributed by atoms with E-state index in [1.165, 1.54) is 0 Å². The van der Waals surface area contributed by atoms with Gasteiger partial charge in [0.25, 0.3) is 0 Å². The second-order valence-corrected chi connectivity index (χ2v) is 5.42. The van der Waals surface area contributed by atoms with Gasteiger partial charge in [-0.3, -0.25) is 4.98 Å². The third kappa shape index (κ3) is 3.46. The maximum atomic E-state index is 11.6. The first kappa shape index (κ1) is 15.0. The molecule has 0 fully saturated rings. The Labute approximate surface area is 135 Å². The average Bonchev–Trinajstić information content (AvgIpc) is 2.61. The molecule has 3 rings (SSSR count). The van der Waals surface area contributed by atoms with Crippen LogP contribution in [-0.2, 0) is 6.42 Å². The summed E-state index contributed by atoms with van der Waals surface area (Å²) < 4.78 is 0. The largest absolute Gasteiger partial charge is 0.478 e. The number of pyridine rings is 1. The van der Waals surface area contributed by atoms with Crippen LogP contribution in [0.25, 0.3) is 0 Å². The predicted octanol–water partition coefficient (Wildman–Crippen LogP) is 4.15. The molecule has 1 unspecified atom stereocenters. The molecule has 114 valence electrons. The van der Waals surface area contributed by atoms with Gasteiger partial charge in [0.1, 0.15) is 0 Å². The fraction of sp³-hybridized carbons (Fsp3) is 0.100. The number of carboxylic acid groups (broad SMARTS) is 1. The van der Waals surface area contributed by atoms with Gasteiger partial charge in [0, 0.05) is 18.3 Å². The van der Waals surface area contributed by atoms with Crippen LogP contribution in [-0.4, -0.2) is 16.1 Å². The molecule has 1 atom stereocenters. The molecule has 0 saturated heterocycles. The van der Waals surface area contributed by atoms with E-state index in [4.69, 9.17) is 0 Å². The lowest BCUT2D eigenvalue weighted by atomic mass is 9.84. The summed E-state index contributed by atoms with van der Waals surface area (Å²) in [4.78, 5) is 15.6. The number of nitrogens with zero attached hydrogens (tertiary/aromatic N) is 1. The zero-order valence-electron chi connectivity index (χ0n) is 12.6. The van der Waals surface area contributed by atoms with Gasteiger partial charge in [0.05, 0.1) is 5.56 Å². The molecule has 2 aromatic carbocycles. The van der Waals surface area contributed by atoms with Crippen molar-refractivity contribution in [3.05, 3.63) is 101 Å². The van der Waals surface area contributed by atoms with Gasteiger partial charge < -0.3 is 5.11 Å². The van der Waals surface area contributed by atoms with E-state index in [9.17, 15) is 9.90 Å². The molecule has 0 aliphatic carbocycles. The second kappa shape index (κ2) is 6.88. The van der Waals surface area contributed by atoms with Crippen molar-refractivity contribution in [2.45, 2.75) is 12.3 Å². The molecule has 0 aliphatic rings. The van der Waals surface area contributed by atoms with Crippen LogP contribution >= 0.6 is 0 Å². The third-order valence-electron chi connectivity index (χ3n) is 3.96. The van der Waals surface area contributed by atoms with E-state index in [0.717, 1.165) is 23.1 Å². The van der Waals surface area contributed by atoms with Crippen molar-refractivity contribution in [2.24, 2.45) is 0 Å². The SMILES string of the molecule is O=C(O)c1ccccc1C(Cc1ccncc1)c1ccccc1. The summed E-state index contributed by atoms with van der Waals surface area (Å²) in [6.07, 6.45) is 4.26. The molecule has 1 aromatic heterocycles. The molecule has 3 nitrogen and oxygen atoms in total. The molecule has 0 radical (unpaired) electrons. The molecule has 0 saturated carbocycles. The Balaban J connectivity index is 2.08. The lowest BCUT2D eigenvalue weighted by Gasteiger charge is -2.20. The van der Waals surface area contributed by atoms with Crippen molar-refractivity contribution in [2.75, 3.05) is 0 Å². The smallest absolute Gasteiger partial charge is 0.335 e. The van der Waals surface area contributed by atoms with Crippen molar-refractivity contribution in [3.8, 4) is 0 Å². The third-order valence-corrected chi connectivity index (χ3v) is 3.96. The van der Waals surface area contributed by atoms with Gasteiger partial charge in [-0.15, -0.1) is 0 Å². The average molecular weight is 303 g/mol. The highest BCUT2D eigenvalue weighted by molar-refractivity contribution is 5.89. The van der Waals surface area contributed by atoms with Crippen molar-refractivity contribution < 1.29 is 9.90 Å². The standard InChI is InChI=1S/C20H17NO2/c22-20(23)18-9-5-4-8-17(18)19(16-6-2-1-3-7-16)14-15-10-12-21-13-11-15/h1-13,19H,14H2,(H,22,23). The minimum atomic E-state index is -0.892. The summed E-state index contributed by atoms with van der Waals surface area (Å²) in [6, 6.07) is 21.2. The highest BCUT2D eigenvalue weighted by atomic mass is 16.4. The predicted molar refractivity (Wildman–Crippen MR) is 89.6 cm³/mol. The summed E-state index contributed by atoms with van der Waals surface area (Å²) in [5.74, 6) is -0.901. The molecule has 1 N–H and O–H groups in total. The van der Waals surface area contributed by atoms with Crippen molar-refractivity contribution in [3.63, 3.8) is 0 Å². The van der Waals surface area contributed by atoms with Gasteiger partial charge in [-0.05, 0) is 41.3 Å². The van der Waals surface area contributed by atoms with Crippen molar-refractivity contribution in [1.29, 1.82) is 0 Å². The van der Waals surface area contributed by atoms with Crippen LogP contribution in [0.4, 0.5) is 0 Å². The summed E-state index contributed by atoms with van der Waals surface area (Å²) >= 11 is 0. The molecule has 0 aliphatic heterocycles. The monoisotopic (exact) mass is 303 g/mol. The zero-order chi connectivity index (χ0) is 16.1. The van der Waals surface area contributed by atoms with Gasteiger partial charge in [0.2, 0.25) is 0 Å². The summed E-state index contributed by atoms with van der Waals surface area (Å²) in [5.41, 5.74) is 3.44. The van der Waals surface area contributed by atoms with Crippen LogP contribution < -0.4 is 0 Å². The minimum Gasteiger partial charge on any atom is -0.478 e. The fourth-order valence-corrected chi connectivity index (χ4v) is 2.84. The Hall–Kier alpha value is -2.94. The number of aromatic nitrogens is 1. The Morgan fingerprint density at radius 2 is 1.57 bits per heavy atom. The molecule has 0 amide bonds. The van der Waals surface area contributed by atoms with Crippen molar-refractivity contribution >= 4 is 5.97 Å². The quantitative estimate of drug-likeness (QED) is 0.770. The Morgan fingerprint density at radius 3 is 2.26 bits per heavy atom. The lowest BCUT2D eigenvalue weighted by molar-refractivity contribution is 0.0695. The van der Waals surface area contributed by atoms with E-state index in [-0.39, 0.29) is 5.92 Å². The highest BCUT2D eigenvalue weighted by Gasteiger charge is 2.20. The Bertz CT molecular complexity index is 785. The van der Waals surface area contributed by atoms with Gasteiger partial charge in [-0.2, -0.15) is 0 Å². The first-order chi connectivity index (χ1) is 11.3. The molecule has 0 spiro atoms. The minimum absolute atomic E-state index is 0.00843. The first-order valence-corrected chi connectivity index (χ1v) is 7.52.